The van der Waals surface area contributed by atoms with Gasteiger partial charge >= 0.3 is 5.97 Å². The van der Waals surface area contributed by atoms with E-state index in [1.807, 2.05) is 6.92 Å². The van der Waals surface area contributed by atoms with Crippen LogP contribution in [-0.4, -0.2) is 33.2 Å². The minimum atomic E-state index is -0.824. The number of carboxylic acids is 1. The zero-order valence-electron chi connectivity index (χ0n) is 11.7. The van der Waals surface area contributed by atoms with E-state index < -0.39 is 11.9 Å². The Kier molecular flexibility index (Phi) is 4.76. The molecule has 20 heavy (non-hydrogen) atoms. The summed E-state index contributed by atoms with van der Waals surface area (Å²) in [6, 6.07) is 1.35. The lowest BCUT2D eigenvalue weighted by Crippen LogP contribution is -2.44. The number of hydrogen-bond acceptors (Lipinski definition) is 3. The molecule has 2 atom stereocenters. The first kappa shape index (κ1) is 14.6. The first-order valence-corrected chi connectivity index (χ1v) is 7.13. The van der Waals surface area contributed by atoms with Crippen molar-refractivity contribution in [1.29, 1.82) is 0 Å². The maximum Gasteiger partial charge on any atom is 0.308 e. The van der Waals surface area contributed by atoms with Gasteiger partial charge in [-0.1, -0.05) is 25.7 Å². The number of amides is 1. The Balaban J connectivity index is 2.06. The Hall–Kier alpha value is -1.85. The topological polar surface area (TPSA) is 95.1 Å². The van der Waals surface area contributed by atoms with Crippen molar-refractivity contribution in [2.45, 2.75) is 51.5 Å². The molecule has 1 aliphatic rings. The number of aliphatic carboxylic acids is 1. The molecule has 0 radical (unpaired) electrons. The van der Waals surface area contributed by atoms with E-state index in [2.05, 4.69) is 15.5 Å². The van der Waals surface area contributed by atoms with Crippen LogP contribution >= 0.6 is 0 Å². The van der Waals surface area contributed by atoms with Crippen LogP contribution < -0.4 is 5.32 Å². The lowest BCUT2D eigenvalue weighted by Gasteiger charge is -2.26. The van der Waals surface area contributed by atoms with E-state index in [0.717, 1.165) is 31.4 Å². The molecular weight excluding hydrogens is 258 g/mol. The van der Waals surface area contributed by atoms with E-state index in [-0.39, 0.29) is 11.9 Å². The first-order valence-electron chi connectivity index (χ1n) is 7.13. The molecule has 0 spiro atoms. The summed E-state index contributed by atoms with van der Waals surface area (Å²) in [7, 11) is 0. The van der Waals surface area contributed by atoms with Gasteiger partial charge in [-0.05, 0) is 25.8 Å². The van der Waals surface area contributed by atoms with Gasteiger partial charge in [0, 0.05) is 11.7 Å². The molecule has 0 saturated heterocycles. The van der Waals surface area contributed by atoms with Gasteiger partial charge in [0.25, 0.3) is 5.91 Å². The van der Waals surface area contributed by atoms with Gasteiger partial charge < -0.3 is 10.4 Å². The number of nitrogens with one attached hydrogen (secondary N) is 2. The second kappa shape index (κ2) is 6.54. The second-order valence-corrected chi connectivity index (χ2v) is 5.45. The van der Waals surface area contributed by atoms with Crippen molar-refractivity contribution in [3.8, 4) is 0 Å². The number of carbonyl (C=O) groups excluding carboxylic acids is 1. The predicted octanol–water partition coefficient (Wildman–Crippen LogP) is 1.87. The monoisotopic (exact) mass is 279 g/mol. The molecule has 1 saturated carbocycles. The number of aromatic amines is 1. The van der Waals surface area contributed by atoms with Crippen LogP contribution in [0.25, 0.3) is 0 Å². The maximum absolute atomic E-state index is 12.1. The summed E-state index contributed by atoms with van der Waals surface area (Å²) in [5.74, 6) is -1.62. The molecule has 2 unspecified atom stereocenters. The normalized spacial score (nSPS) is 23.6. The summed E-state index contributed by atoms with van der Waals surface area (Å²) in [5, 5.41) is 18.8. The molecule has 1 aliphatic carbocycles. The highest BCUT2D eigenvalue weighted by atomic mass is 16.4. The molecule has 0 aromatic carbocycles. The van der Waals surface area contributed by atoms with E-state index in [1.165, 1.54) is 0 Å². The number of aromatic nitrogens is 2. The Morgan fingerprint density at radius 2 is 2.00 bits per heavy atom. The van der Waals surface area contributed by atoms with Crippen molar-refractivity contribution >= 4 is 11.9 Å². The minimum absolute atomic E-state index is 0.300. The van der Waals surface area contributed by atoms with Gasteiger partial charge in [-0.2, -0.15) is 5.10 Å². The van der Waals surface area contributed by atoms with E-state index in [9.17, 15) is 14.7 Å². The largest absolute Gasteiger partial charge is 0.481 e. The second-order valence-electron chi connectivity index (χ2n) is 5.45. The Bertz CT molecular complexity index is 484. The molecule has 0 aliphatic heterocycles. The third-order valence-corrected chi connectivity index (χ3v) is 3.84. The summed E-state index contributed by atoms with van der Waals surface area (Å²) in [4.78, 5) is 23.5. The summed E-state index contributed by atoms with van der Waals surface area (Å²) >= 11 is 0. The quantitative estimate of drug-likeness (QED) is 0.787. The van der Waals surface area contributed by atoms with E-state index in [0.29, 0.717) is 18.5 Å². The average molecular weight is 279 g/mol. The van der Waals surface area contributed by atoms with Crippen LogP contribution in [0.5, 0.6) is 0 Å². The number of hydrogen-bond donors (Lipinski definition) is 3. The lowest BCUT2D eigenvalue weighted by molar-refractivity contribution is -0.143. The fraction of sp³-hybridized carbons (Fsp3) is 0.643. The SMILES string of the molecule is Cc1cc(C(=O)NC2CCCCCCC2C(=O)O)n[nH]1. The molecule has 6 heteroatoms. The number of nitrogens with zero attached hydrogens (tertiary/aromatic N) is 1. The summed E-state index contributed by atoms with van der Waals surface area (Å²) in [6.45, 7) is 1.82. The summed E-state index contributed by atoms with van der Waals surface area (Å²) in [5.41, 5.74) is 1.12. The standard InChI is InChI=1S/C14H21N3O3/c1-9-8-12(17-16-9)13(18)15-11-7-5-3-2-4-6-10(11)14(19)20/h8,10-11H,2-7H2,1H3,(H,15,18)(H,16,17)(H,19,20). The van der Waals surface area contributed by atoms with Crippen molar-refractivity contribution < 1.29 is 14.7 Å². The Morgan fingerprint density at radius 1 is 1.30 bits per heavy atom. The van der Waals surface area contributed by atoms with Crippen LogP contribution in [0.15, 0.2) is 6.07 Å². The Labute approximate surface area is 118 Å². The van der Waals surface area contributed by atoms with Crippen molar-refractivity contribution in [1.82, 2.24) is 15.5 Å². The van der Waals surface area contributed by atoms with Gasteiger partial charge in [0.15, 0.2) is 0 Å². The average Bonchev–Trinajstić information content (AvgIpc) is 2.79. The number of H-pyrrole nitrogens is 1. The molecule has 1 fully saturated rings. The van der Waals surface area contributed by atoms with Crippen molar-refractivity contribution in [3.63, 3.8) is 0 Å². The van der Waals surface area contributed by atoms with Gasteiger partial charge in [-0.15, -0.1) is 0 Å². The van der Waals surface area contributed by atoms with Gasteiger partial charge in [0.2, 0.25) is 0 Å². The summed E-state index contributed by atoms with van der Waals surface area (Å²) < 4.78 is 0. The van der Waals surface area contributed by atoms with Gasteiger partial charge in [-0.3, -0.25) is 14.7 Å². The number of rotatable bonds is 3. The predicted molar refractivity (Wildman–Crippen MR) is 73.4 cm³/mol. The fourth-order valence-electron chi connectivity index (χ4n) is 2.73. The Morgan fingerprint density at radius 3 is 2.60 bits per heavy atom. The van der Waals surface area contributed by atoms with E-state index in [4.69, 9.17) is 0 Å². The van der Waals surface area contributed by atoms with Crippen LogP contribution in [0.1, 0.15) is 54.7 Å². The zero-order valence-corrected chi connectivity index (χ0v) is 11.7. The highest BCUT2D eigenvalue weighted by molar-refractivity contribution is 5.92. The highest BCUT2D eigenvalue weighted by Gasteiger charge is 2.30. The van der Waals surface area contributed by atoms with Crippen LogP contribution in [-0.2, 0) is 4.79 Å². The van der Waals surface area contributed by atoms with Crippen molar-refractivity contribution in [2.24, 2.45) is 5.92 Å². The molecule has 1 amide bonds. The van der Waals surface area contributed by atoms with E-state index in [1.54, 1.807) is 6.07 Å². The molecule has 1 aromatic rings. The number of carbonyl (C=O) groups is 2. The fourth-order valence-corrected chi connectivity index (χ4v) is 2.73. The summed E-state index contributed by atoms with van der Waals surface area (Å²) in [6.07, 6.45) is 5.37. The molecule has 1 heterocycles. The van der Waals surface area contributed by atoms with Crippen LogP contribution in [0.2, 0.25) is 0 Å². The minimum Gasteiger partial charge on any atom is -0.481 e. The number of aryl methyl sites for hydroxylation is 1. The van der Waals surface area contributed by atoms with Crippen LogP contribution in [0.4, 0.5) is 0 Å². The zero-order chi connectivity index (χ0) is 14.5. The van der Waals surface area contributed by atoms with Gasteiger partial charge in [0.05, 0.1) is 5.92 Å². The molecule has 6 nitrogen and oxygen atoms in total. The van der Waals surface area contributed by atoms with Crippen molar-refractivity contribution in [3.05, 3.63) is 17.5 Å². The first-order chi connectivity index (χ1) is 9.58. The van der Waals surface area contributed by atoms with E-state index >= 15 is 0 Å². The van der Waals surface area contributed by atoms with Crippen molar-refractivity contribution in [2.75, 3.05) is 0 Å². The number of carboxylic acid groups (broad SMARTS) is 1. The molecule has 2 rings (SSSR count). The highest BCUT2D eigenvalue weighted by Crippen LogP contribution is 2.23. The van der Waals surface area contributed by atoms with Crippen LogP contribution in [0.3, 0.4) is 0 Å². The smallest absolute Gasteiger partial charge is 0.308 e. The molecule has 0 bridgehead atoms. The lowest BCUT2D eigenvalue weighted by atomic mass is 9.86. The van der Waals surface area contributed by atoms with Gasteiger partial charge in [-0.25, -0.2) is 0 Å². The van der Waals surface area contributed by atoms with Crippen LogP contribution in [0, 0.1) is 12.8 Å². The third kappa shape index (κ3) is 3.59. The maximum atomic E-state index is 12.1. The molecular formula is C14H21N3O3. The molecule has 1 aromatic heterocycles. The molecule has 110 valence electrons. The van der Waals surface area contributed by atoms with Gasteiger partial charge in [0.1, 0.15) is 5.69 Å². The molecule has 3 N–H and O–H groups in total. The third-order valence-electron chi connectivity index (χ3n) is 3.84.